The lowest BCUT2D eigenvalue weighted by molar-refractivity contribution is -0.137. The summed E-state index contributed by atoms with van der Waals surface area (Å²) < 4.78 is 0. The molecule has 2 amide bonds. The molecule has 5 heteroatoms. The van der Waals surface area contributed by atoms with Crippen molar-refractivity contribution >= 4 is 12.0 Å². The third-order valence-corrected chi connectivity index (χ3v) is 5.41. The third-order valence-electron chi connectivity index (χ3n) is 5.41. The van der Waals surface area contributed by atoms with Crippen LogP contribution in [0.25, 0.3) is 0 Å². The Labute approximate surface area is 173 Å². The molecule has 0 heterocycles. The molecule has 5 nitrogen and oxygen atoms in total. The Hall–Kier alpha value is -1.26. The van der Waals surface area contributed by atoms with Gasteiger partial charge in [0.15, 0.2) is 0 Å². The van der Waals surface area contributed by atoms with E-state index in [4.69, 9.17) is 10.8 Å². The molecule has 0 rings (SSSR count). The van der Waals surface area contributed by atoms with Crippen molar-refractivity contribution in [3.05, 3.63) is 0 Å². The van der Waals surface area contributed by atoms with Crippen molar-refractivity contribution < 1.29 is 14.7 Å². The Morgan fingerprint density at radius 1 is 0.643 bits per heavy atom. The first-order chi connectivity index (χ1) is 13.6. The van der Waals surface area contributed by atoms with Gasteiger partial charge in [-0.15, -0.1) is 0 Å². The second-order valence-electron chi connectivity index (χ2n) is 8.13. The number of hydrogen-bond donors (Lipinski definition) is 2. The zero-order chi connectivity index (χ0) is 20.9. The molecule has 166 valence electrons. The second kappa shape index (κ2) is 20.5. The first-order valence-electron chi connectivity index (χ1n) is 11.8. The summed E-state index contributed by atoms with van der Waals surface area (Å²) in [6.45, 7) is 3.36. The Bertz CT molecular complexity index is 375. The topological polar surface area (TPSA) is 83.6 Å². The highest BCUT2D eigenvalue weighted by Crippen LogP contribution is 2.13. The molecule has 0 saturated carbocycles. The minimum Gasteiger partial charge on any atom is -0.481 e. The quantitative estimate of drug-likeness (QED) is 0.217. The van der Waals surface area contributed by atoms with Gasteiger partial charge in [-0.1, -0.05) is 103 Å². The highest BCUT2D eigenvalue weighted by atomic mass is 16.4. The van der Waals surface area contributed by atoms with Crippen LogP contribution in [0.2, 0.25) is 0 Å². The van der Waals surface area contributed by atoms with Crippen molar-refractivity contribution in [3.63, 3.8) is 0 Å². The Morgan fingerprint density at radius 2 is 1.00 bits per heavy atom. The fourth-order valence-corrected chi connectivity index (χ4v) is 3.60. The minimum atomic E-state index is -0.827. The number of urea groups is 1. The number of aliphatic carboxylic acids is 1. The van der Waals surface area contributed by atoms with E-state index in [9.17, 15) is 9.59 Å². The highest BCUT2D eigenvalue weighted by Gasteiger charge is 2.09. The lowest BCUT2D eigenvalue weighted by Crippen LogP contribution is -2.37. The minimum absolute atomic E-state index is 0.0861. The van der Waals surface area contributed by atoms with E-state index in [1.54, 1.807) is 4.90 Å². The van der Waals surface area contributed by atoms with E-state index in [2.05, 4.69) is 6.92 Å². The van der Waals surface area contributed by atoms with Crippen LogP contribution in [-0.4, -0.2) is 35.1 Å². The molecule has 0 spiro atoms. The van der Waals surface area contributed by atoms with Crippen molar-refractivity contribution in [2.24, 2.45) is 5.73 Å². The summed E-state index contributed by atoms with van der Waals surface area (Å²) in [6, 6.07) is -0.439. The monoisotopic (exact) mass is 398 g/mol. The number of carbonyl (C=O) groups excluding carboxylic acids is 1. The van der Waals surface area contributed by atoms with Crippen molar-refractivity contribution in [1.82, 2.24) is 4.90 Å². The van der Waals surface area contributed by atoms with Gasteiger partial charge in [-0.2, -0.15) is 0 Å². The lowest BCUT2D eigenvalue weighted by atomic mass is 10.0. The fraction of sp³-hybridized carbons (Fsp3) is 0.913. The average Bonchev–Trinajstić information content (AvgIpc) is 2.65. The van der Waals surface area contributed by atoms with Crippen molar-refractivity contribution in [2.45, 2.75) is 122 Å². The molecule has 0 radical (unpaired) electrons. The molecule has 28 heavy (non-hydrogen) atoms. The van der Waals surface area contributed by atoms with Gasteiger partial charge in [0, 0.05) is 19.5 Å². The number of nitrogens with two attached hydrogens (primary N) is 1. The largest absolute Gasteiger partial charge is 0.481 e. The molecule has 0 aliphatic carbocycles. The summed E-state index contributed by atoms with van der Waals surface area (Å²) in [5, 5.41) is 8.66. The van der Waals surface area contributed by atoms with Gasteiger partial charge >= 0.3 is 12.0 Å². The molecule has 0 aromatic heterocycles. The zero-order valence-corrected chi connectivity index (χ0v) is 18.4. The summed E-state index contributed by atoms with van der Waals surface area (Å²) in [6.07, 6.45) is 21.7. The molecule has 0 bridgehead atoms. The number of primary amides is 1. The Balaban J connectivity index is 3.33. The summed E-state index contributed by atoms with van der Waals surface area (Å²) in [7, 11) is 0. The van der Waals surface area contributed by atoms with Gasteiger partial charge in [0.25, 0.3) is 0 Å². The van der Waals surface area contributed by atoms with Crippen molar-refractivity contribution in [2.75, 3.05) is 13.1 Å². The molecular weight excluding hydrogens is 352 g/mol. The third kappa shape index (κ3) is 19.5. The van der Waals surface area contributed by atoms with Crippen LogP contribution in [0.3, 0.4) is 0 Å². The van der Waals surface area contributed by atoms with Gasteiger partial charge in [0.1, 0.15) is 0 Å². The fourth-order valence-electron chi connectivity index (χ4n) is 3.60. The SMILES string of the molecule is CCCCCCCCCCCCCCCCCCN(CCCC(=O)O)C(N)=O. The van der Waals surface area contributed by atoms with E-state index in [1.807, 2.05) is 0 Å². The van der Waals surface area contributed by atoms with Gasteiger partial charge in [-0.3, -0.25) is 4.79 Å². The number of unbranched alkanes of at least 4 members (excludes halogenated alkanes) is 15. The maximum absolute atomic E-state index is 11.4. The first kappa shape index (κ1) is 26.7. The zero-order valence-electron chi connectivity index (χ0n) is 18.4. The molecule has 0 fully saturated rings. The van der Waals surface area contributed by atoms with Crippen LogP contribution in [-0.2, 0) is 4.79 Å². The van der Waals surface area contributed by atoms with Gasteiger partial charge in [-0.25, -0.2) is 4.79 Å². The average molecular weight is 399 g/mol. The molecule has 0 aliphatic rings. The number of nitrogens with zero attached hydrogens (tertiary/aromatic N) is 1. The maximum atomic E-state index is 11.4. The van der Waals surface area contributed by atoms with Crippen LogP contribution < -0.4 is 5.73 Å². The summed E-state index contributed by atoms with van der Waals surface area (Å²) in [4.78, 5) is 23.5. The Kier molecular flexibility index (Phi) is 19.6. The van der Waals surface area contributed by atoms with E-state index in [-0.39, 0.29) is 6.42 Å². The van der Waals surface area contributed by atoms with Crippen molar-refractivity contribution in [3.8, 4) is 0 Å². The van der Waals surface area contributed by atoms with E-state index in [1.165, 1.54) is 89.9 Å². The maximum Gasteiger partial charge on any atom is 0.314 e. The number of carboxylic acid groups (broad SMARTS) is 1. The summed E-state index contributed by atoms with van der Waals surface area (Å²) in [5.74, 6) is -0.827. The van der Waals surface area contributed by atoms with Crippen LogP contribution in [0.4, 0.5) is 4.79 Å². The van der Waals surface area contributed by atoms with Crippen LogP contribution in [0, 0.1) is 0 Å². The van der Waals surface area contributed by atoms with Gasteiger partial charge in [0.2, 0.25) is 0 Å². The first-order valence-corrected chi connectivity index (χ1v) is 11.8. The van der Waals surface area contributed by atoms with E-state index in [0.29, 0.717) is 19.5 Å². The summed E-state index contributed by atoms with van der Waals surface area (Å²) >= 11 is 0. The predicted octanol–water partition coefficient (Wildman–Crippen LogP) is 6.49. The van der Waals surface area contributed by atoms with Crippen LogP contribution >= 0.6 is 0 Å². The van der Waals surface area contributed by atoms with E-state index < -0.39 is 12.0 Å². The molecule has 0 unspecified atom stereocenters. The number of hydrogen-bond acceptors (Lipinski definition) is 2. The molecule has 0 aromatic rings. The van der Waals surface area contributed by atoms with Gasteiger partial charge in [-0.05, 0) is 12.8 Å². The molecular formula is C23H46N2O3. The molecule has 0 atom stereocenters. The molecule has 0 aliphatic heterocycles. The number of rotatable bonds is 21. The number of carbonyl (C=O) groups is 2. The van der Waals surface area contributed by atoms with Crippen LogP contribution in [0.1, 0.15) is 122 Å². The predicted molar refractivity (Wildman–Crippen MR) is 118 cm³/mol. The molecule has 3 N–H and O–H groups in total. The normalized spacial score (nSPS) is 10.9. The van der Waals surface area contributed by atoms with Gasteiger partial charge in [0.05, 0.1) is 0 Å². The highest BCUT2D eigenvalue weighted by molar-refractivity contribution is 5.72. The smallest absolute Gasteiger partial charge is 0.314 e. The van der Waals surface area contributed by atoms with E-state index in [0.717, 1.165) is 12.8 Å². The molecule has 0 saturated heterocycles. The standard InChI is InChI=1S/C23H46N2O3/c1-2-3-4-5-6-7-8-9-10-11-12-13-14-15-16-17-20-25(23(24)28)21-18-19-22(26)27/h2-21H2,1H3,(H2,24,28)(H,26,27). The lowest BCUT2D eigenvalue weighted by Gasteiger charge is -2.19. The molecule has 0 aromatic carbocycles. The van der Waals surface area contributed by atoms with Crippen molar-refractivity contribution in [1.29, 1.82) is 0 Å². The summed E-state index contributed by atoms with van der Waals surface area (Å²) in [5.41, 5.74) is 5.36. The second-order valence-corrected chi connectivity index (χ2v) is 8.13. The number of amides is 2. The van der Waals surface area contributed by atoms with Crippen LogP contribution in [0.5, 0.6) is 0 Å². The van der Waals surface area contributed by atoms with E-state index >= 15 is 0 Å². The van der Waals surface area contributed by atoms with Crippen LogP contribution in [0.15, 0.2) is 0 Å². The number of carboxylic acids is 1. The Morgan fingerprint density at radius 3 is 1.36 bits per heavy atom. The van der Waals surface area contributed by atoms with Gasteiger partial charge < -0.3 is 15.7 Å².